The number of carbonyl (C=O) groups is 2. The van der Waals surface area contributed by atoms with Crippen molar-refractivity contribution in [3.8, 4) is 0 Å². The van der Waals surface area contributed by atoms with Gasteiger partial charge in [0, 0.05) is 13.0 Å². The van der Waals surface area contributed by atoms with Crippen LogP contribution in [-0.4, -0.2) is 35.0 Å². The lowest BCUT2D eigenvalue weighted by atomic mass is 10.2. The zero-order valence-corrected chi connectivity index (χ0v) is 6.25. The molecular formula is C7H11NO3. The molecule has 0 bridgehead atoms. The lowest BCUT2D eigenvalue weighted by molar-refractivity contribution is -0.119. The molecule has 1 saturated heterocycles. The predicted octanol–water partition coefficient (Wildman–Crippen LogP) is 0.719. The maximum atomic E-state index is 10.9. The van der Waals surface area contributed by atoms with Crippen molar-refractivity contribution in [1.29, 1.82) is 0 Å². The van der Waals surface area contributed by atoms with Gasteiger partial charge in [-0.3, -0.25) is 4.79 Å². The minimum Gasteiger partial charge on any atom is -0.465 e. The van der Waals surface area contributed by atoms with E-state index in [4.69, 9.17) is 5.11 Å². The average molecular weight is 157 g/mol. The first kappa shape index (κ1) is 8.04. The molecule has 0 aromatic heterocycles. The maximum Gasteiger partial charge on any atom is 0.407 e. The predicted molar refractivity (Wildman–Crippen MR) is 38.5 cm³/mol. The summed E-state index contributed by atoms with van der Waals surface area (Å²) >= 11 is 0. The largest absolute Gasteiger partial charge is 0.465 e. The molecule has 1 aliphatic rings. The molecule has 4 nitrogen and oxygen atoms in total. The first-order valence-corrected chi connectivity index (χ1v) is 3.70. The summed E-state index contributed by atoms with van der Waals surface area (Å²) in [6.45, 7) is 0.580. The molecule has 0 radical (unpaired) electrons. The maximum absolute atomic E-state index is 10.9. The van der Waals surface area contributed by atoms with Crippen molar-refractivity contribution in [3.05, 3.63) is 0 Å². The molecule has 0 unspecified atom stereocenters. The van der Waals surface area contributed by atoms with Crippen LogP contribution in [0, 0.1) is 0 Å². The molecule has 0 aromatic carbocycles. The molecular weight excluding hydrogens is 146 g/mol. The van der Waals surface area contributed by atoms with Gasteiger partial charge in [-0.15, -0.1) is 0 Å². The van der Waals surface area contributed by atoms with Crippen LogP contribution in [0.25, 0.3) is 0 Å². The molecule has 0 aliphatic carbocycles. The molecule has 0 spiro atoms. The van der Waals surface area contributed by atoms with Crippen molar-refractivity contribution < 1.29 is 14.7 Å². The van der Waals surface area contributed by atoms with Crippen LogP contribution >= 0.6 is 0 Å². The number of hydrogen-bond donors (Lipinski definition) is 1. The van der Waals surface area contributed by atoms with Gasteiger partial charge in [-0.05, 0) is 12.8 Å². The molecule has 11 heavy (non-hydrogen) atoms. The average Bonchev–Trinajstić information content (AvgIpc) is 2.13. The molecule has 1 amide bonds. The van der Waals surface area contributed by atoms with Gasteiger partial charge in [-0.1, -0.05) is 0 Å². The topological polar surface area (TPSA) is 57.6 Å². The van der Waals surface area contributed by atoms with Crippen LogP contribution in [0.4, 0.5) is 4.79 Å². The van der Waals surface area contributed by atoms with Crippen LogP contribution in [0.2, 0.25) is 0 Å². The van der Waals surface area contributed by atoms with Crippen LogP contribution in [0.1, 0.15) is 19.3 Å². The molecule has 0 saturated carbocycles. The first-order valence-electron chi connectivity index (χ1n) is 3.70. The van der Waals surface area contributed by atoms with Gasteiger partial charge < -0.3 is 10.0 Å². The molecule has 0 atom stereocenters. The number of ketones is 1. The number of rotatable bonds is 0. The number of hydrogen-bond acceptors (Lipinski definition) is 2. The monoisotopic (exact) mass is 157 g/mol. The molecule has 4 heteroatoms. The zero-order chi connectivity index (χ0) is 8.27. The van der Waals surface area contributed by atoms with E-state index in [-0.39, 0.29) is 12.3 Å². The van der Waals surface area contributed by atoms with E-state index in [1.165, 1.54) is 4.90 Å². The van der Waals surface area contributed by atoms with Crippen LogP contribution in [-0.2, 0) is 4.79 Å². The van der Waals surface area contributed by atoms with Gasteiger partial charge in [-0.25, -0.2) is 4.79 Å². The van der Waals surface area contributed by atoms with Gasteiger partial charge in [0.1, 0.15) is 0 Å². The summed E-state index contributed by atoms with van der Waals surface area (Å²) in [5.74, 6) is 0.0323. The number of amides is 1. The van der Waals surface area contributed by atoms with Gasteiger partial charge >= 0.3 is 6.09 Å². The minimum atomic E-state index is -0.986. The number of Topliss-reactive ketones (excluding diaryl/α,β-unsaturated/α-hetero) is 1. The van der Waals surface area contributed by atoms with Crippen molar-refractivity contribution in [2.45, 2.75) is 19.3 Å². The first-order chi connectivity index (χ1) is 5.20. The third kappa shape index (κ3) is 2.22. The highest BCUT2D eigenvalue weighted by atomic mass is 16.4. The Morgan fingerprint density at radius 3 is 2.82 bits per heavy atom. The SMILES string of the molecule is O=C1CCCCN(C(=O)O)C1. The highest BCUT2D eigenvalue weighted by molar-refractivity contribution is 5.83. The van der Waals surface area contributed by atoms with Crippen LogP contribution < -0.4 is 0 Å². The number of likely N-dealkylation sites (tertiary alicyclic amines) is 1. The van der Waals surface area contributed by atoms with E-state index in [9.17, 15) is 9.59 Å². The Hall–Kier alpha value is -1.06. The third-order valence-corrected chi connectivity index (χ3v) is 1.77. The van der Waals surface area contributed by atoms with E-state index in [2.05, 4.69) is 0 Å². The summed E-state index contributed by atoms with van der Waals surface area (Å²) < 4.78 is 0. The number of carbonyl (C=O) groups excluding carboxylic acids is 1. The van der Waals surface area contributed by atoms with Crippen LogP contribution in [0.15, 0.2) is 0 Å². The molecule has 1 rings (SSSR count). The Labute approximate surface area is 64.8 Å². The smallest absolute Gasteiger partial charge is 0.407 e. The van der Waals surface area contributed by atoms with Crippen molar-refractivity contribution in [1.82, 2.24) is 4.90 Å². The standard InChI is InChI=1S/C7H11NO3/c9-6-3-1-2-4-8(5-6)7(10)11/h1-5H2,(H,10,11). The van der Waals surface area contributed by atoms with Gasteiger partial charge in [0.05, 0.1) is 6.54 Å². The van der Waals surface area contributed by atoms with Crippen LogP contribution in [0.5, 0.6) is 0 Å². The number of nitrogens with zero attached hydrogens (tertiary/aromatic N) is 1. The summed E-state index contributed by atoms with van der Waals surface area (Å²) in [7, 11) is 0. The molecule has 62 valence electrons. The molecule has 1 heterocycles. The van der Waals surface area contributed by atoms with Gasteiger partial charge in [0.25, 0.3) is 0 Å². The second-order valence-corrected chi connectivity index (χ2v) is 2.70. The van der Waals surface area contributed by atoms with E-state index < -0.39 is 6.09 Å². The minimum absolute atomic E-state index is 0.0323. The molecule has 0 aromatic rings. The second-order valence-electron chi connectivity index (χ2n) is 2.70. The van der Waals surface area contributed by atoms with E-state index in [0.717, 1.165) is 12.8 Å². The fourth-order valence-electron chi connectivity index (χ4n) is 1.16. The van der Waals surface area contributed by atoms with E-state index in [1.807, 2.05) is 0 Å². The number of carboxylic acid groups (broad SMARTS) is 1. The quantitative estimate of drug-likeness (QED) is 0.563. The Morgan fingerprint density at radius 2 is 2.18 bits per heavy atom. The third-order valence-electron chi connectivity index (χ3n) is 1.77. The van der Waals surface area contributed by atoms with Crippen molar-refractivity contribution in [2.24, 2.45) is 0 Å². The van der Waals surface area contributed by atoms with Crippen molar-refractivity contribution in [3.63, 3.8) is 0 Å². The summed E-state index contributed by atoms with van der Waals surface area (Å²) in [5.41, 5.74) is 0. The van der Waals surface area contributed by atoms with Gasteiger partial charge in [0.2, 0.25) is 0 Å². The van der Waals surface area contributed by atoms with Crippen molar-refractivity contribution >= 4 is 11.9 Å². The Balaban J connectivity index is 2.52. The highest BCUT2D eigenvalue weighted by Gasteiger charge is 2.18. The summed E-state index contributed by atoms with van der Waals surface area (Å²) in [5, 5.41) is 8.55. The molecule has 1 fully saturated rings. The lowest BCUT2D eigenvalue weighted by Gasteiger charge is -2.13. The van der Waals surface area contributed by atoms with E-state index >= 15 is 0 Å². The van der Waals surface area contributed by atoms with E-state index in [1.54, 1.807) is 0 Å². The normalized spacial score (nSPS) is 19.6. The fourth-order valence-corrected chi connectivity index (χ4v) is 1.16. The Kier molecular flexibility index (Phi) is 2.46. The lowest BCUT2D eigenvalue weighted by Crippen LogP contribution is -2.33. The molecule has 1 N–H and O–H groups in total. The summed E-state index contributed by atoms with van der Waals surface area (Å²) in [4.78, 5) is 22.5. The van der Waals surface area contributed by atoms with Crippen LogP contribution in [0.3, 0.4) is 0 Å². The van der Waals surface area contributed by atoms with Gasteiger partial charge in [0.15, 0.2) is 5.78 Å². The summed E-state index contributed by atoms with van der Waals surface area (Å²) in [6, 6.07) is 0. The second kappa shape index (κ2) is 3.37. The molecule has 1 aliphatic heterocycles. The Bertz CT molecular complexity index is 179. The highest BCUT2D eigenvalue weighted by Crippen LogP contribution is 2.06. The Morgan fingerprint density at radius 1 is 1.45 bits per heavy atom. The zero-order valence-electron chi connectivity index (χ0n) is 6.25. The van der Waals surface area contributed by atoms with Crippen molar-refractivity contribution in [2.75, 3.05) is 13.1 Å². The van der Waals surface area contributed by atoms with Gasteiger partial charge in [-0.2, -0.15) is 0 Å². The van der Waals surface area contributed by atoms with E-state index in [0.29, 0.717) is 13.0 Å². The summed E-state index contributed by atoms with van der Waals surface area (Å²) in [6.07, 6.45) is 1.17. The fraction of sp³-hybridized carbons (Fsp3) is 0.714.